The molecular formula is C15H9N3OS. The number of hydrogen-bond acceptors (Lipinski definition) is 5. The monoisotopic (exact) mass is 279 g/mol. The molecule has 0 aliphatic carbocycles. The Bertz CT molecular complexity index is 852. The molecule has 0 aliphatic rings. The van der Waals surface area contributed by atoms with E-state index in [1.165, 1.54) is 11.3 Å². The molecule has 2 aromatic heterocycles. The Hall–Kier alpha value is -2.58. The number of aromatic nitrogens is 2. The van der Waals surface area contributed by atoms with Crippen molar-refractivity contribution in [3.63, 3.8) is 0 Å². The van der Waals surface area contributed by atoms with Crippen molar-refractivity contribution in [1.29, 1.82) is 5.26 Å². The van der Waals surface area contributed by atoms with Gasteiger partial charge in [-0.15, -0.1) is 11.3 Å². The van der Waals surface area contributed by atoms with Gasteiger partial charge < -0.3 is 0 Å². The largest absolute Gasteiger partial charge is 0.279 e. The van der Waals surface area contributed by atoms with Gasteiger partial charge in [0.2, 0.25) is 0 Å². The number of benzene rings is 1. The van der Waals surface area contributed by atoms with Gasteiger partial charge in [-0.05, 0) is 24.3 Å². The smallest absolute Gasteiger partial charge is 0.267 e. The van der Waals surface area contributed by atoms with Crippen LogP contribution in [0.2, 0.25) is 0 Å². The summed E-state index contributed by atoms with van der Waals surface area (Å²) < 4.78 is 0.832. The van der Waals surface area contributed by atoms with Gasteiger partial charge in [-0.25, -0.2) is 4.98 Å². The highest BCUT2D eigenvalue weighted by atomic mass is 32.1. The van der Waals surface area contributed by atoms with Gasteiger partial charge in [0.25, 0.3) is 5.56 Å². The van der Waals surface area contributed by atoms with Gasteiger partial charge in [-0.2, -0.15) is 5.26 Å². The molecule has 3 aromatic rings. The first-order chi connectivity index (χ1) is 9.79. The molecule has 2 heterocycles. The molecule has 1 unspecified atom stereocenters. The molecule has 1 atom stereocenters. The first-order valence-corrected chi connectivity index (χ1v) is 6.81. The summed E-state index contributed by atoms with van der Waals surface area (Å²) in [4.78, 5) is 20.2. The van der Waals surface area contributed by atoms with Crippen LogP contribution in [0.25, 0.3) is 10.1 Å². The van der Waals surface area contributed by atoms with Crippen LogP contribution in [0, 0.1) is 11.3 Å². The molecule has 1 aromatic carbocycles. The van der Waals surface area contributed by atoms with E-state index >= 15 is 0 Å². The van der Waals surface area contributed by atoms with Crippen LogP contribution in [0.4, 0.5) is 0 Å². The number of pyridine rings is 1. The first-order valence-electron chi connectivity index (χ1n) is 6.00. The van der Waals surface area contributed by atoms with Gasteiger partial charge in [0, 0.05) is 10.9 Å². The van der Waals surface area contributed by atoms with Gasteiger partial charge >= 0.3 is 0 Å². The summed E-state index contributed by atoms with van der Waals surface area (Å²) in [7, 11) is 0. The van der Waals surface area contributed by atoms with Crippen molar-refractivity contribution in [1.82, 2.24) is 9.97 Å². The highest BCUT2D eigenvalue weighted by Crippen LogP contribution is 2.26. The molecule has 0 saturated carbocycles. The predicted molar refractivity (Wildman–Crippen MR) is 77.6 cm³/mol. The summed E-state index contributed by atoms with van der Waals surface area (Å²) in [5.74, 6) is -0.612. The van der Waals surface area contributed by atoms with Crippen LogP contribution in [0.3, 0.4) is 0 Å². The van der Waals surface area contributed by atoms with Gasteiger partial charge in [-0.3, -0.25) is 9.78 Å². The molecule has 0 aliphatic heterocycles. The molecule has 3 rings (SSSR count). The number of nitrogens with zero attached hydrogens (tertiary/aromatic N) is 3. The fourth-order valence-corrected chi connectivity index (χ4v) is 3.00. The Morgan fingerprint density at radius 3 is 2.70 bits per heavy atom. The Balaban J connectivity index is 2.19. The van der Waals surface area contributed by atoms with Crippen LogP contribution in [-0.2, 0) is 0 Å². The number of rotatable bonds is 2. The molecule has 0 bridgehead atoms. The van der Waals surface area contributed by atoms with Gasteiger partial charge in [-0.1, -0.05) is 18.2 Å². The van der Waals surface area contributed by atoms with E-state index in [0.29, 0.717) is 16.1 Å². The molecule has 0 radical (unpaired) electrons. The van der Waals surface area contributed by atoms with Crippen LogP contribution in [-0.4, -0.2) is 9.97 Å². The van der Waals surface area contributed by atoms with Crippen molar-refractivity contribution in [3.05, 3.63) is 69.7 Å². The van der Waals surface area contributed by atoms with Crippen molar-refractivity contribution < 1.29 is 0 Å². The minimum Gasteiger partial charge on any atom is -0.267 e. The van der Waals surface area contributed by atoms with Crippen molar-refractivity contribution in [2.24, 2.45) is 0 Å². The van der Waals surface area contributed by atoms with E-state index in [1.807, 2.05) is 18.2 Å². The molecule has 4 nitrogen and oxygen atoms in total. The lowest BCUT2D eigenvalue weighted by molar-refractivity contribution is 0.938. The van der Waals surface area contributed by atoms with E-state index in [9.17, 15) is 10.1 Å². The Labute approximate surface area is 119 Å². The van der Waals surface area contributed by atoms with Gasteiger partial charge in [0.15, 0.2) is 0 Å². The molecule has 0 N–H and O–H groups in total. The molecule has 0 fully saturated rings. The third-order valence-electron chi connectivity index (χ3n) is 2.90. The second-order valence-corrected chi connectivity index (χ2v) is 5.23. The molecular weight excluding hydrogens is 270 g/mol. The van der Waals surface area contributed by atoms with E-state index < -0.39 is 5.92 Å². The summed E-state index contributed by atoms with van der Waals surface area (Å²) in [5, 5.41) is 10.4. The molecule has 0 amide bonds. The second kappa shape index (κ2) is 5.19. The minimum absolute atomic E-state index is 0.300. The number of nitriles is 1. The van der Waals surface area contributed by atoms with Crippen LogP contribution < -0.4 is 5.56 Å². The normalized spacial score (nSPS) is 11.9. The lowest BCUT2D eigenvalue weighted by Crippen LogP contribution is -2.11. The summed E-state index contributed by atoms with van der Waals surface area (Å²) in [5.41, 5.74) is 0.305. The van der Waals surface area contributed by atoms with E-state index in [1.54, 1.807) is 30.5 Å². The zero-order valence-electron chi connectivity index (χ0n) is 10.4. The van der Waals surface area contributed by atoms with Crippen molar-refractivity contribution in [3.8, 4) is 6.07 Å². The Kier molecular flexibility index (Phi) is 3.23. The molecule has 20 heavy (non-hydrogen) atoms. The van der Waals surface area contributed by atoms with E-state index in [2.05, 4.69) is 16.0 Å². The van der Waals surface area contributed by atoms with Crippen LogP contribution in [0.5, 0.6) is 0 Å². The van der Waals surface area contributed by atoms with Crippen LogP contribution in [0.1, 0.15) is 16.6 Å². The second-order valence-electron chi connectivity index (χ2n) is 4.17. The van der Waals surface area contributed by atoms with E-state index in [0.717, 1.165) is 4.70 Å². The lowest BCUT2D eigenvalue weighted by atomic mass is 10.1. The van der Waals surface area contributed by atoms with Crippen molar-refractivity contribution in [2.75, 3.05) is 0 Å². The maximum atomic E-state index is 12.0. The highest BCUT2D eigenvalue weighted by Gasteiger charge is 2.18. The van der Waals surface area contributed by atoms with Gasteiger partial charge in [0.05, 0.1) is 17.1 Å². The summed E-state index contributed by atoms with van der Waals surface area (Å²) >= 11 is 1.35. The molecule has 0 saturated heterocycles. The third kappa shape index (κ3) is 2.17. The SMILES string of the molecule is N#CC(c1ccccn1)c1nc(=O)c2ccccc2s1. The van der Waals surface area contributed by atoms with Crippen LogP contribution >= 0.6 is 11.3 Å². The van der Waals surface area contributed by atoms with Crippen molar-refractivity contribution >= 4 is 21.4 Å². The topological polar surface area (TPSA) is 66.6 Å². The fourth-order valence-electron chi connectivity index (χ4n) is 1.95. The lowest BCUT2D eigenvalue weighted by Gasteiger charge is -2.07. The number of hydrogen-bond donors (Lipinski definition) is 0. The summed E-state index contributed by atoms with van der Waals surface area (Å²) in [6.07, 6.45) is 1.63. The van der Waals surface area contributed by atoms with E-state index in [4.69, 9.17) is 0 Å². The Morgan fingerprint density at radius 2 is 1.95 bits per heavy atom. The zero-order valence-corrected chi connectivity index (χ0v) is 11.2. The number of fused-ring (bicyclic) bond motifs is 1. The zero-order chi connectivity index (χ0) is 13.9. The predicted octanol–water partition coefficient (Wildman–Crippen LogP) is 2.71. The standard InChI is InChI=1S/C15H9N3OS/c16-9-11(12-6-3-4-8-17-12)15-18-14(19)10-5-1-2-7-13(10)20-15/h1-8,11H. The average molecular weight is 279 g/mol. The minimum atomic E-state index is -0.612. The molecule has 0 spiro atoms. The quantitative estimate of drug-likeness (QED) is 0.723. The fraction of sp³-hybridized carbons (Fsp3) is 0.0667. The maximum absolute atomic E-state index is 12.0. The van der Waals surface area contributed by atoms with Crippen LogP contribution in [0.15, 0.2) is 53.5 Å². The molecule has 5 heteroatoms. The summed E-state index contributed by atoms with van der Waals surface area (Å²) in [6, 6.07) is 14.8. The van der Waals surface area contributed by atoms with E-state index in [-0.39, 0.29) is 5.56 Å². The highest BCUT2D eigenvalue weighted by molar-refractivity contribution is 7.18. The first kappa shape index (κ1) is 12.5. The Morgan fingerprint density at radius 1 is 1.15 bits per heavy atom. The van der Waals surface area contributed by atoms with Crippen molar-refractivity contribution in [2.45, 2.75) is 5.92 Å². The van der Waals surface area contributed by atoms with Gasteiger partial charge in [0.1, 0.15) is 10.9 Å². The maximum Gasteiger partial charge on any atom is 0.279 e. The molecule has 96 valence electrons. The summed E-state index contributed by atoms with van der Waals surface area (Å²) in [6.45, 7) is 0. The third-order valence-corrected chi connectivity index (χ3v) is 4.02. The average Bonchev–Trinajstić information content (AvgIpc) is 2.49.